The molecule has 0 aliphatic carbocycles. The quantitative estimate of drug-likeness (QED) is 0.627. The number of para-hydroxylation sites is 1. The Kier molecular flexibility index (Phi) is 5.26. The first-order valence-electron chi connectivity index (χ1n) is 7.58. The molecule has 3 aromatic rings. The molecule has 26 heavy (non-hydrogen) atoms. The van der Waals surface area contributed by atoms with Gasteiger partial charge in [0.25, 0.3) is 5.91 Å². The molecular weight excluding hydrogens is 383 g/mol. The topological polar surface area (TPSA) is 88.4 Å². The van der Waals surface area contributed by atoms with Gasteiger partial charge in [0.05, 0.1) is 9.92 Å². The summed E-state index contributed by atoms with van der Waals surface area (Å²) in [7, 11) is -3.86. The summed E-state index contributed by atoms with van der Waals surface area (Å²) in [5.74, 6) is -1.02. The second-order valence-electron chi connectivity index (χ2n) is 5.38. The fraction of sp³-hybridized carbons (Fsp3) is 0.118. The Labute approximate surface area is 154 Å². The number of amides is 1. The summed E-state index contributed by atoms with van der Waals surface area (Å²) in [6, 6.07) is 11.9. The van der Waals surface area contributed by atoms with Crippen LogP contribution in [0.2, 0.25) is 5.02 Å². The molecular formula is C17H14ClFN2O4S. The lowest BCUT2D eigenvalue weighted by atomic mass is 10.2. The molecule has 0 fully saturated rings. The Hall–Kier alpha value is -2.42. The lowest BCUT2D eigenvalue weighted by Crippen LogP contribution is -2.34. The van der Waals surface area contributed by atoms with Crippen LogP contribution in [0.25, 0.3) is 11.0 Å². The van der Waals surface area contributed by atoms with Crippen molar-refractivity contribution in [2.75, 3.05) is 13.1 Å². The number of carbonyl (C=O) groups is 1. The lowest BCUT2D eigenvalue weighted by molar-refractivity contribution is 0.0929. The molecule has 0 saturated heterocycles. The highest BCUT2D eigenvalue weighted by Crippen LogP contribution is 2.19. The van der Waals surface area contributed by atoms with Crippen LogP contribution in [0, 0.1) is 5.82 Å². The highest BCUT2D eigenvalue weighted by atomic mass is 35.5. The molecule has 0 bridgehead atoms. The molecule has 0 aliphatic heterocycles. The zero-order valence-corrected chi connectivity index (χ0v) is 14.9. The fourth-order valence-electron chi connectivity index (χ4n) is 2.27. The molecule has 1 amide bonds. The average Bonchev–Trinajstić information content (AvgIpc) is 3.05. The van der Waals surface area contributed by atoms with E-state index in [4.69, 9.17) is 16.0 Å². The van der Waals surface area contributed by atoms with Gasteiger partial charge in [-0.1, -0.05) is 29.8 Å². The molecule has 0 unspecified atom stereocenters. The van der Waals surface area contributed by atoms with Crippen LogP contribution >= 0.6 is 11.6 Å². The number of halogens is 2. The van der Waals surface area contributed by atoms with E-state index in [-0.39, 0.29) is 28.8 Å². The highest BCUT2D eigenvalue weighted by molar-refractivity contribution is 7.89. The molecule has 0 saturated carbocycles. The van der Waals surface area contributed by atoms with E-state index in [1.807, 2.05) is 12.1 Å². The Morgan fingerprint density at radius 1 is 1.12 bits per heavy atom. The summed E-state index contributed by atoms with van der Waals surface area (Å²) in [5, 5.41) is 3.07. The SMILES string of the molecule is O=C(NCCNS(=O)(=O)c1ccc(F)c(Cl)c1)c1cc2ccccc2o1. The van der Waals surface area contributed by atoms with Crippen LogP contribution in [0.15, 0.2) is 57.8 Å². The average molecular weight is 397 g/mol. The number of carbonyl (C=O) groups excluding carboxylic acids is 1. The van der Waals surface area contributed by atoms with Gasteiger partial charge in [0.15, 0.2) is 5.76 Å². The molecule has 3 rings (SSSR count). The number of furan rings is 1. The van der Waals surface area contributed by atoms with Gasteiger partial charge < -0.3 is 9.73 Å². The molecule has 0 radical (unpaired) electrons. The molecule has 1 aromatic heterocycles. The Morgan fingerprint density at radius 3 is 2.62 bits per heavy atom. The largest absolute Gasteiger partial charge is 0.451 e. The predicted molar refractivity (Wildman–Crippen MR) is 95.1 cm³/mol. The predicted octanol–water partition coefficient (Wildman–Crippen LogP) is 2.93. The molecule has 1 heterocycles. The summed E-state index contributed by atoms with van der Waals surface area (Å²) in [6.07, 6.45) is 0. The molecule has 6 nitrogen and oxygen atoms in total. The molecule has 0 aliphatic rings. The van der Waals surface area contributed by atoms with Crippen LogP contribution in [-0.4, -0.2) is 27.4 Å². The van der Waals surface area contributed by atoms with E-state index in [0.29, 0.717) is 5.58 Å². The standard InChI is InChI=1S/C17H14ClFN2O4S/c18-13-10-12(5-6-14(13)19)26(23,24)21-8-7-20-17(22)16-9-11-3-1-2-4-15(11)25-16/h1-6,9-10,21H,7-8H2,(H,20,22). The van der Waals surface area contributed by atoms with Gasteiger partial charge >= 0.3 is 0 Å². The third kappa shape index (κ3) is 4.04. The highest BCUT2D eigenvalue weighted by Gasteiger charge is 2.16. The number of hydrogen-bond donors (Lipinski definition) is 2. The first-order valence-corrected chi connectivity index (χ1v) is 9.44. The van der Waals surface area contributed by atoms with Gasteiger partial charge in [-0.2, -0.15) is 0 Å². The van der Waals surface area contributed by atoms with E-state index in [0.717, 1.165) is 23.6 Å². The van der Waals surface area contributed by atoms with Gasteiger partial charge in [0.1, 0.15) is 11.4 Å². The maximum absolute atomic E-state index is 13.1. The van der Waals surface area contributed by atoms with Crippen LogP contribution in [0.3, 0.4) is 0 Å². The minimum Gasteiger partial charge on any atom is -0.451 e. The van der Waals surface area contributed by atoms with Gasteiger partial charge in [0.2, 0.25) is 10.0 Å². The molecule has 2 N–H and O–H groups in total. The van der Waals surface area contributed by atoms with Crippen molar-refractivity contribution in [1.82, 2.24) is 10.0 Å². The smallest absolute Gasteiger partial charge is 0.287 e. The van der Waals surface area contributed by atoms with Crippen molar-refractivity contribution >= 4 is 38.5 Å². The third-order valence-electron chi connectivity index (χ3n) is 3.55. The minimum absolute atomic E-state index is 0.0457. The van der Waals surface area contributed by atoms with Crippen LogP contribution in [0.5, 0.6) is 0 Å². The van der Waals surface area contributed by atoms with E-state index < -0.39 is 21.7 Å². The first-order chi connectivity index (χ1) is 12.4. The number of fused-ring (bicyclic) bond motifs is 1. The van der Waals surface area contributed by atoms with Crippen molar-refractivity contribution in [3.05, 3.63) is 65.1 Å². The Bertz CT molecular complexity index is 1030. The maximum Gasteiger partial charge on any atom is 0.287 e. The maximum atomic E-state index is 13.1. The third-order valence-corrected chi connectivity index (χ3v) is 5.30. The number of rotatable bonds is 6. The van der Waals surface area contributed by atoms with E-state index >= 15 is 0 Å². The fourth-order valence-corrected chi connectivity index (χ4v) is 3.57. The molecule has 0 atom stereocenters. The van der Waals surface area contributed by atoms with Crippen molar-refractivity contribution in [2.24, 2.45) is 0 Å². The number of sulfonamides is 1. The van der Waals surface area contributed by atoms with Gasteiger partial charge in [-0.05, 0) is 30.3 Å². The summed E-state index contributed by atoms with van der Waals surface area (Å²) in [4.78, 5) is 11.9. The summed E-state index contributed by atoms with van der Waals surface area (Å²) >= 11 is 5.59. The van der Waals surface area contributed by atoms with Gasteiger partial charge in [-0.15, -0.1) is 0 Å². The number of nitrogens with one attached hydrogen (secondary N) is 2. The van der Waals surface area contributed by atoms with Gasteiger partial charge in [-0.25, -0.2) is 17.5 Å². The second-order valence-corrected chi connectivity index (χ2v) is 7.55. The zero-order valence-electron chi connectivity index (χ0n) is 13.3. The van der Waals surface area contributed by atoms with Crippen molar-refractivity contribution < 1.29 is 22.0 Å². The summed E-state index contributed by atoms with van der Waals surface area (Å²) in [5.41, 5.74) is 0.589. The second kappa shape index (κ2) is 7.45. The van der Waals surface area contributed by atoms with Crippen molar-refractivity contribution in [1.29, 1.82) is 0 Å². The Balaban J connectivity index is 1.55. The molecule has 9 heteroatoms. The van der Waals surface area contributed by atoms with E-state index in [2.05, 4.69) is 10.0 Å². The monoisotopic (exact) mass is 396 g/mol. The molecule has 136 valence electrons. The van der Waals surface area contributed by atoms with Crippen LogP contribution in [0.4, 0.5) is 4.39 Å². The number of benzene rings is 2. The van der Waals surface area contributed by atoms with E-state index in [9.17, 15) is 17.6 Å². The van der Waals surface area contributed by atoms with E-state index in [1.165, 1.54) is 0 Å². The van der Waals surface area contributed by atoms with Gasteiger partial charge in [-0.3, -0.25) is 4.79 Å². The van der Waals surface area contributed by atoms with Gasteiger partial charge in [0, 0.05) is 18.5 Å². The lowest BCUT2D eigenvalue weighted by Gasteiger charge is -2.08. The normalized spacial score (nSPS) is 11.6. The van der Waals surface area contributed by atoms with E-state index in [1.54, 1.807) is 18.2 Å². The van der Waals surface area contributed by atoms with Crippen LogP contribution in [-0.2, 0) is 10.0 Å². The molecule has 0 spiro atoms. The van der Waals surface area contributed by atoms with Crippen molar-refractivity contribution in [3.8, 4) is 0 Å². The summed E-state index contributed by atoms with van der Waals surface area (Å²) in [6.45, 7) is -0.00661. The zero-order chi connectivity index (χ0) is 18.7. The Morgan fingerprint density at radius 2 is 1.88 bits per heavy atom. The minimum atomic E-state index is -3.86. The first kappa shape index (κ1) is 18.4. The van der Waals surface area contributed by atoms with Crippen LogP contribution < -0.4 is 10.0 Å². The van der Waals surface area contributed by atoms with Crippen LogP contribution in [0.1, 0.15) is 10.6 Å². The van der Waals surface area contributed by atoms with Crippen molar-refractivity contribution in [3.63, 3.8) is 0 Å². The summed E-state index contributed by atoms with van der Waals surface area (Å²) < 4.78 is 45.0. The van der Waals surface area contributed by atoms with Crippen molar-refractivity contribution in [2.45, 2.75) is 4.90 Å². The number of hydrogen-bond acceptors (Lipinski definition) is 4. The molecule has 2 aromatic carbocycles.